The second-order valence-electron chi connectivity index (χ2n) is 5.39. The third-order valence-electron chi connectivity index (χ3n) is 3.51. The van der Waals surface area contributed by atoms with Gasteiger partial charge in [-0.3, -0.25) is 4.79 Å². The third kappa shape index (κ3) is 3.15. The van der Waals surface area contributed by atoms with Crippen LogP contribution in [0, 0.1) is 25.2 Å². The van der Waals surface area contributed by atoms with Crippen LogP contribution in [0.2, 0.25) is 0 Å². The van der Waals surface area contributed by atoms with Gasteiger partial charge >= 0.3 is 0 Å². The molecule has 6 nitrogen and oxygen atoms in total. The number of pyridine rings is 1. The summed E-state index contributed by atoms with van der Waals surface area (Å²) in [5.74, 6) is 0.442. The third-order valence-corrected chi connectivity index (χ3v) is 3.51. The topological polar surface area (TPSA) is 83.6 Å². The molecular weight excluding hydrogens is 302 g/mol. The van der Waals surface area contributed by atoms with E-state index in [4.69, 9.17) is 5.26 Å². The highest BCUT2D eigenvalue weighted by Gasteiger charge is 2.08. The largest absolute Gasteiger partial charge is 0.321 e. The van der Waals surface area contributed by atoms with Crippen LogP contribution in [0.25, 0.3) is 5.82 Å². The number of nitriles is 1. The first-order valence-electron chi connectivity index (χ1n) is 7.38. The maximum atomic E-state index is 12.2. The molecule has 0 atom stereocenters. The molecule has 0 fully saturated rings. The smallest absolute Gasteiger partial charge is 0.255 e. The van der Waals surface area contributed by atoms with E-state index in [0.717, 1.165) is 11.4 Å². The second-order valence-corrected chi connectivity index (χ2v) is 5.39. The number of benzene rings is 1. The summed E-state index contributed by atoms with van der Waals surface area (Å²) in [7, 11) is 0. The average Bonchev–Trinajstić information content (AvgIpc) is 2.94. The number of carbonyl (C=O) groups excluding carboxylic acids is 1. The predicted octanol–water partition coefficient (Wildman–Crippen LogP) is 3.01. The first-order chi connectivity index (χ1) is 11.6. The fourth-order valence-corrected chi connectivity index (χ4v) is 2.35. The van der Waals surface area contributed by atoms with E-state index in [0.29, 0.717) is 22.6 Å². The Balaban J connectivity index is 1.75. The molecule has 24 heavy (non-hydrogen) atoms. The van der Waals surface area contributed by atoms with Crippen molar-refractivity contribution in [2.45, 2.75) is 13.8 Å². The van der Waals surface area contributed by atoms with E-state index in [1.807, 2.05) is 26.0 Å². The number of nitrogens with one attached hydrogen (secondary N) is 1. The number of aryl methyl sites for hydroxylation is 2. The van der Waals surface area contributed by atoms with Gasteiger partial charge in [0.25, 0.3) is 5.91 Å². The predicted molar refractivity (Wildman–Crippen MR) is 89.9 cm³/mol. The van der Waals surface area contributed by atoms with Crippen LogP contribution in [-0.4, -0.2) is 20.7 Å². The van der Waals surface area contributed by atoms with Crippen molar-refractivity contribution in [1.82, 2.24) is 14.8 Å². The van der Waals surface area contributed by atoms with E-state index in [1.165, 1.54) is 0 Å². The lowest BCUT2D eigenvalue weighted by Gasteiger charge is -2.07. The van der Waals surface area contributed by atoms with Gasteiger partial charge in [0.05, 0.1) is 29.2 Å². The van der Waals surface area contributed by atoms with Crippen molar-refractivity contribution in [3.63, 3.8) is 0 Å². The Labute approximate surface area is 139 Å². The normalized spacial score (nSPS) is 10.2. The molecular formula is C18H15N5O. The average molecular weight is 317 g/mol. The van der Waals surface area contributed by atoms with Gasteiger partial charge in [-0.1, -0.05) is 0 Å². The number of amides is 1. The number of rotatable bonds is 3. The van der Waals surface area contributed by atoms with Crippen molar-refractivity contribution >= 4 is 11.6 Å². The molecule has 0 radical (unpaired) electrons. The van der Waals surface area contributed by atoms with Crippen molar-refractivity contribution < 1.29 is 4.79 Å². The maximum Gasteiger partial charge on any atom is 0.255 e. The van der Waals surface area contributed by atoms with Crippen molar-refractivity contribution in [3.8, 4) is 11.9 Å². The van der Waals surface area contributed by atoms with E-state index in [1.54, 1.807) is 47.3 Å². The molecule has 0 aliphatic heterocycles. The Bertz CT molecular complexity index is 918. The van der Waals surface area contributed by atoms with E-state index in [9.17, 15) is 4.79 Å². The Morgan fingerprint density at radius 1 is 1.17 bits per heavy atom. The molecule has 0 bridgehead atoms. The maximum absolute atomic E-state index is 12.2. The summed E-state index contributed by atoms with van der Waals surface area (Å²) in [6, 6.07) is 14.0. The van der Waals surface area contributed by atoms with Gasteiger partial charge < -0.3 is 5.32 Å². The van der Waals surface area contributed by atoms with Gasteiger partial charge in [0.15, 0.2) is 5.82 Å². The molecule has 1 N–H and O–H groups in total. The first-order valence-corrected chi connectivity index (χ1v) is 7.38. The number of hydrogen-bond donors (Lipinski definition) is 1. The first kappa shape index (κ1) is 15.4. The summed E-state index contributed by atoms with van der Waals surface area (Å²) in [5, 5.41) is 15.9. The SMILES string of the molecule is Cc1cc(C)n(-c2ccc(NC(=O)c3ccc(C#N)cc3)cn2)n1. The number of hydrogen-bond acceptors (Lipinski definition) is 4. The van der Waals surface area contributed by atoms with Crippen molar-refractivity contribution in [3.05, 3.63) is 71.2 Å². The Morgan fingerprint density at radius 3 is 2.46 bits per heavy atom. The zero-order valence-electron chi connectivity index (χ0n) is 13.3. The highest BCUT2D eigenvalue weighted by Crippen LogP contribution is 2.14. The molecule has 1 aromatic carbocycles. The van der Waals surface area contributed by atoms with E-state index >= 15 is 0 Å². The molecule has 0 spiro atoms. The van der Waals surface area contributed by atoms with Gasteiger partial charge in [0, 0.05) is 11.3 Å². The molecule has 0 aliphatic rings. The molecule has 0 aliphatic carbocycles. The monoisotopic (exact) mass is 317 g/mol. The minimum absolute atomic E-state index is 0.250. The molecule has 1 amide bonds. The van der Waals surface area contributed by atoms with Gasteiger partial charge in [-0.15, -0.1) is 0 Å². The van der Waals surface area contributed by atoms with E-state index < -0.39 is 0 Å². The Kier molecular flexibility index (Phi) is 4.08. The van der Waals surface area contributed by atoms with Crippen molar-refractivity contribution in [1.29, 1.82) is 5.26 Å². The lowest BCUT2D eigenvalue weighted by Crippen LogP contribution is -2.12. The van der Waals surface area contributed by atoms with Crippen LogP contribution < -0.4 is 5.32 Å². The van der Waals surface area contributed by atoms with Crippen LogP contribution in [0.5, 0.6) is 0 Å². The van der Waals surface area contributed by atoms with Crippen LogP contribution >= 0.6 is 0 Å². The van der Waals surface area contributed by atoms with Gasteiger partial charge in [0.2, 0.25) is 0 Å². The summed E-state index contributed by atoms with van der Waals surface area (Å²) in [6.45, 7) is 3.89. The number of carbonyl (C=O) groups is 1. The molecule has 0 unspecified atom stereocenters. The molecule has 0 saturated carbocycles. The van der Waals surface area contributed by atoms with Gasteiger partial charge in [-0.05, 0) is 56.3 Å². The lowest BCUT2D eigenvalue weighted by molar-refractivity contribution is 0.102. The summed E-state index contributed by atoms with van der Waals surface area (Å²) < 4.78 is 1.75. The van der Waals surface area contributed by atoms with Crippen molar-refractivity contribution in [2.75, 3.05) is 5.32 Å². The second kappa shape index (κ2) is 6.34. The molecule has 3 aromatic rings. The van der Waals surface area contributed by atoms with Gasteiger partial charge in [-0.2, -0.15) is 10.4 Å². The van der Waals surface area contributed by atoms with Crippen LogP contribution in [0.1, 0.15) is 27.3 Å². The Morgan fingerprint density at radius 2 is 1.92 bits per heavy atom. The fourth-order valence-electron chi connectivity index (χ4n) is 2.35. The number of nitrogens with zero attached hydrogens (tertiary/aromatic N) is 4. The Hall–Kier alpha value is -3.46. The van der Waals surface area contributed by atoms with Gasteiger partial charge in [0.1, 0.15) is 0 Å². The zero-order chi connectivity index (χ0) is 17.1. The summed E-state index contributed by atoms with van der Waals surface area (Å²) in [6.07, 6.45) is 1.59. The molecule has 0 saturated heterocycles. The summed E-state index contributed by atoms with van der Waals surface area (Å²) >= 11 is 0. The summed E-state index contributed by atoms with van der Waals surface area (Å²) in [4.78, 5) is 16.5. The quantitative estimate of drug-likeness (QED) is 0.805. The van der Waals surface area contributed by atoms with Crippen LogP contribution in [0.15, 0.2) is 48.7 Å². The molecule has 3 rings (SSSR count). The van der Waals surface area contributed by atoms with Crippen LogP contribution in [0.3, 0.4) is 0 Å². The van der Waals surface area contributed by atoms with E-state index in [-0.39, 0.29) is 5.91 Å². The molecule has 2 aromatic heterocycles. The highest BCUT2D eigenvalue weighted by molar-refractivity contribution is 6.04. The highest BCUT2D eigenvalue weighted by atomic mass is 16.1. The standard InChI is InChI=1S/C18H15N5O/c1-12-9-13(2)23(22-12)17-8-7-16(11-20-17)21-18(24)15-5-3-14(10-19)4-6-15/h3-9,11H,1-2H3,(H,21,24). The minimum atomic E-state index is -0.250. The molecule has 2 heterocycles. The number of aromatic nitrogens is 3. The number of anilines is 1. The van der Waals surface area contributed by atoms with E-state index in [2.05, 4.69) is 15.4 Å². The van der Waals surface area contributed by atoms with Crippen LogP contribution in [-0.2, 0) is 0 Å². The van der Waals surface area contributed by atoms with Crippen LogP contribution in [0.4, 0.5) is 5.69 Å². The zero-order valence-corrected chi connectivity index (χ0v) is 13.3. The van der Waals surface area contributed by atoms with Gasteiger partial charge in [-0.25, -0.2) is 9.67 Å². The van der Waals surface area contributed by atoms with Crippen molar-refractivity contribution in [2.24, 2.45) is 0 Å². The molecule has 118 valence electrons. The lowest BCUT2D eigenvalue weighted by atomic mass is 10.1. The summed E-state index contributed by atoms with van der Waals surface area (Å²) in [5.41, 5.74) is 3.51. The fraction of sp³-hybridized carbons (Fsp3) is 0.111. The molecule has 6 heteroatoms. The minimum Gasteiger partial charge on any atom is -0.321 e.